The van der Waals surface area contributed by atoms with Crippen molar-refractivity contribution in [2.45, 2.75) is 37.1 Å². The second-order valence-electron chi connectivity index (χ2n) is 12.9. The van der Waals surface area contributed by atoms with E-state index in [1.165, 1.54) is 0 Å². The zero-order chi connectivity index (χ0) is 30.2. The number of hydrogen-bond donors (Lipinski definition) is 0. The van der Waals surface area contributed by atoms with Crippen molar-refractivity contribution in [1.82, 2.24) is 9.97 Å². The van der Waals surface area contributed by atoms with Gasteiger partial charge in [-0.15, -0.1) is 0 Å². The van der Waals surface area contributed by atoms with Gasteiger partial charge in [0, 0.05) is 11.1 Å². The van der Waals surface area contributed by atoms with Gasteiger partial charge in [0.25, 0.3) is 12.7 Å². The van der Waals surface area contributed by atoms with E-state index in [4.69, 9.17) is 14.7 Å². The third-order valence-corrected chi connectivity index (χ3v) is 15.1. The van der Waals surface area contributed by atoms with Crippen molar-refractivity contribution in [2.75, 3.05) is 0 Å². The summed E-state index contributed by atoms with van der Waals surface area (Å²) in [6.45, 7) is 0. The molecule has 0 fully saturated rings. The lowest BCUT2D eigenvalue weighted by Crippen LogP contribution is -2.80. The van der Waals surface area contributed by atoms with Crippen molar-refractivity contribution >= 4 is 19.7 Å². The van der Waals surface area contributed by atoms with Crippen molar-refractivity contribution < 1.29 is 30.7 Å². The first kappa shape index (κ1) is 23.1. The zero-order valence-electron chi connectivity index (χ0n) is 23.4. The largest absolute Gasteiger partial charge is 0.456 e. The molecule has 0 amide bonds. The highest BCUT2D eigenvalue weighted by Crippen LogP contribution is 2.66. The van der Waals surface area contributed by atoms with Gasteiger partial charge in [-0.1, -0.05) is 34.2 Å². The molecule has 5 aliphatic heterocycles. The number of nitrogens with zero attached hydrogens (tertiary/aromatic N) is 4. The summed E-state index contributed by atoms with van der Waals surface area (Å²) in [5.74, 6) is 0.305. The number of fused-ring (bicyclic) bond motifs is 2. The monoisotopic (exact) mass is 636 g/mol. The van der Waals surface area contributed by atoms with E-state index in [1.807, 2.05) is 24.5 Å². The SMILES string of the molecule is O=S1(=O)c2cccc3c2C2c4c1ccc1c4C4(c5c(ccc6c5C5c7c(cccc7S6(=O)=O)-c6cnc[n+]4c65)O1)[n+]1cncc-3c12. The van der Waals surface area contributed by atoms with Crippen LogP contribution in [0.25, 0.3) is 22.3 Å². The summed E-state index contributed by atoms with van der Waals surface area (Å²) in [4.78, 5) is 10.7. The predicted molar refractivity (Wildman–Crippen MR) is 157 cm³/mol. The summed E-state index contributed by atoms with van der Waals surface area (Å²) >= 11 is 0. The van der Waals surface area contributed by atoms with E-state index >= 15 is 0 Å². The molecule has 7 aliphatic rings. The standard InChI is InChI=1S/C35H16N4O5S2/c40-45(41)21-5-1-3-15-17-11-36-13-38-33(17)29(25(15)21)27-23(45)9-7-19-31(27)35(38)32-20(44-19)8-10-24-28(32)30-26-16(4-2-6-22(26)46(24,42)43)18-12-37-14-39(35)34(18)30/h1-14,29-30H/q+2. The first-order valence-corrected chi connectivity index (χ1v) is 17.9. The number of ether oxygens (including phenoxy) is 1. The maximum atomic E-state index is 14.5. The van der Waals surface area contributed by atoms with Crippen molar-refractivity contribution in [2.24, 2.45) is 0 Å². The molecule has 2 unspecified atom stereocenters. The maximum Gasteiger partial charge on any atom is 0.313 e. The molecule has 1 spiro atoms. The molecule has 0 bridgehead atoms. The summed E-state index contributed by atoms with van der Waals surface area (Å²) in [5, 5.41) is 0. The van der Waals surface area contributed by atoms with Crippen LogP contribution >= 0.6 is 0 Å². The Bertz CT molecular complexity index is 2700. The summed E-state index contributed by atoms with van der Waals surface area (Å²) in [6, 6.07) is 17.7. The van der Waals surface area contributed by atoms with E-state index < -0.39 is 25.3 Å². The van der Waals surface area contributed by atoms with E-state index in [2.05, 4.69) is 9.13 Å². The van der Waals surface area contributed by atoms with Crippen LogP contribution < -0.4 is 13.9 Å². The molecule has 2 aromatic heterocycles. The van der Waals surface area contributed by atoms with E-state index in [-0.39, 0.29) is 21.6 Å². The molecule has 216 valence electrons. The molecule has 0 radical (unpaired) electrons. The van der Waals surface area contributed by atoms with Crippen LogP contribution in [-0.4, -0.2) is 26.8 Å². The Morgan fingerprint density at radius 3 is 1.50 bits per heavy atom. The predicted octanol–water partition coefficient (Wildman–Crippen LogP) is 3.70. The van der Waals surface area contributed by atoms with E-state index in [0.717, 1.165) is 44.8 Å². The van der Waals surface area contributed by atoms with Gasteiger partial charge >= 0.3 is 5.66 Å². The van der Waals surface area contributed by atoms with Crippen LogP contribution in [0.15, 0.2) is 105 Å². The van der Waals surface area contributed by atoms with Crippen LogP contribution in [0.2, 0.25) is 0 Å². The zero-order valence-corrected chi connectivity index (χ0v) is 25.0. The third-order valence-electron chi connectivity index (χ3n) is 11.4. The molecule has 0 saturated heterocycles. The maximum absolute atomic E-state index is 14.5. The van der Waals surface area contributed by atoms with Gasteiger partial charge in [-0.3, -0.25) is 0 Å². The van der Waals surface area contributed by atoms with Gasteiger partial charge in [-0.2, -0.15) is 9.13 Å². The van der Waals surface area contributed by atoms with Crippen molar-refractivity contribution in [3.05, 3.63) is 130 Å². The lowest BCUT2D eigenvalue weighted by molar-refractivity contribution is -0.981. The lowest BCUT2D eigenvalue weighted by atomic mass is 9.70. The van der Waals surface area contributed by atoms with Crippen LogP contribution in [0.4, 0.5) is 0 Å². The van der Waals surface area contributed by atoms with Crippen LogP contribution in [0.5, 0.6) is 11.5 Å². The second kappa shape index (κ2) is 6.51. The van der Waals surface area contributed by atoms with Crippen LogP contribution in [-0.2, 0) is 25.3 Å². The fourth-order valence-electron chi connectivity index (χ4n) is 10.0. The second-order valence-corrected chi connectivity index (χ2v) is 16.7. The molecule has 13 rings (SSSR count). The molecule has 9 nitrogen and oxygen atoms in total. The molecule has 2 aliphatic carbocycles. The lowest BCUT2D eigenvalue weighted by Gasteiger charge is -2.47. The molecule has 0 N–H and O–H groups in total. The Morgan fingerprint density at radius 1 is 0.565 bits per heavy atom. The minimum atomic E-state index is -3.91. The molecule has 2 atom stereocenters. The number of hydrogen-bond acceptors (Lipinski definition) is 7. The molecule has 46 heavy (non-hydrogen) atoms. The van der Waals surface area contributed by atoms with Gasteiger partial charge in [-0.25, -0.2) is 16.8 Å². The average molecular weight is 637 g/mol. The third kappa shape index (κ3) is 1.94. The first-order chi connectivity index (χ1) is 22.4. The Morgan fingerprint density at radius 2 is 1.02 bits per heavy atom. The van der Waals surface area contributed by atoms with Gasteiger partial charge < -0.3 is 4.74 Å². The Kier molecular flexibility index (Phi) is 3.27. The summed E-state index contributed by atoms with van der Waals surface area (Å²) < 4.78 is 69.0. The van der Waals surface area contributed by atoms with Gasteiger partial charge in [0.2, 0.25) is 19.7 Å². The number of sulfone groups is 2. The topological polar surface area (TPSA) is 111 Å². The minimum Gasteiger partial charge on any atom is -0.456 e. The van der Waals surface area contributed by atoms with Crippen molar-refractivity contribution in [1.29, 1.82) is 0 Å². The molecule has 7 heterocycles. The van der Waals surface area contributed by atoms with Crippen molar-refractivity contribution in [3.8, 4) is 33.8 Å². The van der Waals surface area contributed by atoms with Crippen LogP contribution in [0, 0.1) is 0 Å². The number of rotatable bonds is 0. The fourth-order valence-corrected chi connectivity index (χ4v) is 13.6. The number of benzene rings is 4. The number of aromatic nitrogens is 4. The highest BCUT2D eigenvalue weighted by molar-refractivity contribution is 7.92. The highest BCUT2D eigenvalue weighted by Gasteiger charge is 2.69. The minimum absolute atomic E-state index is 0.245. The van der Waals surface area contributed by atoms with Crippen LogP contribution in [0.1, 0.15) is 56.6 Å². The van der Waals surface area contributed by atoms with Gasteiger partial charge in [0.1, 0.15) is 22.9 Å². The van der Waals surface area contributed by atoms with Crippen LogP contribution in [0.3, 0.4) is 0 Å². The first-order valence-electron chi connectivity index (χ1n) is 15.0. The fraction of sp³-hybridized carbons (Fsp3) is 0.0857. The summed E-state index contributed by atoms with van der Waals surface area (Å²) in [5.41, 5.74) is 8.17. The molecule has 0 saturated carbocycles. The normalized spacial score (nSPS) is 24.2. The Hall–Kier alpha value is -5.26. The summed E-state index contributed by atoms with van der Waals surface area (Å²) in [6.07, 6.45) is 7.24. The van der Waals surface area contributed by atoms with E-state index in [0.29, 0.717) is 43.5 Å². The smallest absolute Gasteiger partial charge is 0.313 e. The Balaban J connectivity index is 1.34. The van der Waals surface area contributed by atoms with Crippen molar-refractivity contribution in [3.63, 3.8) is 0 Å². The molecular weight excluding hydrogens is 621 g/mol. The van der Waals surface area contributed by atoms with Gasteiger partial charge in [0.15, 0.2) is 12.4 Å². The van der Waals surface area contributed by atoms with Gasteiger partial charge in [-0.05, 0) is 58.7 Å². The molecule has 4 aromatic carbocycles. The van der Waals surface area contributed by atoms with E-state index in [9.17, 15) is 16.8 Å². The van der Waals surface area contributed by atoms with Gasteiger partial charge in [0.05, 0.1) is 53.7 Å². The highest BCUT2D eigenvalue weighted by atomic mass is 32.2. The molecular formula is C35H16N4O5S2+2. The Labute approximate surface area is 260 Å². The quantitative estimate of drug-likeness (QED) is 0.234. The van der Waals surface area contributed by atoms with E-state index in [1.54, 1.807) is 61.2 Å². The molecule has 11 heteroatoms. The molecule has 6 aromatic rings. The average Bonchev–Trinajstić information content (AvgIpc) is 3.59. The summed E-state index contributed by atoms with van der Waals surface area (Å²) in [7, 11) is -7.81.